The van der Waals surface area contributed by atoms with Crippen LogP contribution in [0.5, 0.6) is 17.2 Å². The number of benzene rings is 4. The van der Waals surface area contributed by atoms with Crippen molar-refractivity contribution in [2.24, 2.45) is 0 Å². The molecule has 2 aliphatic heterocycles. The molecule has 0 unspecified atom stereocenters. The van der Waals surface area contributed by atoms with Crippen LogP contribution in [0.1, 0.15) is 59.0 Å². The van der Waals surface area contributed by atoms with Gasteiger partial charge in [-0.15, -0.1) is 0 Å². The molecule has 3 heterocycles. The summed E-state index contributed by atoms with van der Waals surface area (Å²) in [6.45, 7) is 2.20. The molecule has 0 radical (unpaired) electrons. The van der Waals surface area contributed by atoms with Crippen LogP contribution in [0.15, 0.2) is 133 Å². The first-order valence-corrected chi connectivity index (χ1v) is 21.6. The first-order chi connectivity index (χ1) is 29.7. The van der Waals surface area contributed by atoms with E-state index < -0.39 is 6.97 Å². The Kier molecular flexibility index (Phi) is 14.6. The SMILES string of the molecule is CCCCOc1ccc(/C=C/c2cc(C)c3n2[B-](F)(F)[N+]2=C(/C=C/c4ccc(OC)cc4)C=C(/C=C/c4ccc(OCCOCCOC)cc4)C2=C3c2ccc(I)cc2)cc1. The minimum atomic E-state index is -4.41. The highest BCUT2D eigenvalue weighted by Crippen LogP contribution is 2.45. The van der Waals surface area contributed by atoms with Crippen LogP contribution in [0.4, 0.5) is 8.63 Å². The number of rotatable bonds is 19. The Labute approximate surface area is 371 Å². The van der Waals surface area contributed by atoms with Gasteiger partial charge in [0.1, 0.15) is 23.9 Å². The van der Waals surface area contributed by atoms with Crippen LogP contribution >= 0.6 is 22.6 Å². The number of aromatic nitrogens is 1. The molecule has 0 spiro atoms. The van der Waals surface area contributed by atoms with Crippen molar-refractivity contribution in [1.29, 1.82) is 0 Å². The first-order valence-electron chi connectivity index (χ1n) is 20.5. The zero-order chi connectivity index (χ0) is 42.8. The third-order valence-corrected chi connectivity index (χ3v) is 11.2. The maximum atomic E-state index is 17.9. The topological polar surface area (TPSA) is 54.1 Å². The molecule has 0 saturated carbocycles. The number of nitrogens with zero attached hydrogens (tertiary/aromatic N) is 2. The van der Waals surface area contributed by atoms with Crippen molar-refractivity contribution in [2.45, 2.75) is 26.7 Å². The summed E-state index contributed by atoms with van der Waals surface area (Å²) < 4.78 is 66.8. The van der Waals surface area contributed by atoms with E-state index in [4.69, 9.17) is 23.7 Å². The van der Waals surface area contributed by atoms with Crippen molar-refractivity contribution in [2.75, 3.05) is 47.3 Å². The molecule has 5 aromatic rings. The molecular formula is C50H50BF2IN2O5. The highest BCUT2D eigenvalue weighted by Gasteiger charge is 2.56. The summed E-state index contributed by atoms with van der Waals surface area (Å²) in [6.07, 6.45) is 15.1. The average Bonchev–Trinajstić information content (AvgIpc) is 3.82. The Hall–Kier alpha value is -5.50. The molecule has 0 aliphatic carbocycles. The van der Waals surface area contributed by atoms with E-state index in [1.807, 2.05) is 140 Å². The summed E-state index contributed by atoms with van der Waals surface area (Å²) >= 11 is 2.28. The summed E-state index contributed by atoms with van der Waals surface area (Å²) in [5, 5.41) is 0. The van der Waals surface area contributed by atoms with E-state index in [0.717, 1.165) is 61.3 Å². The normalized spacial score (nSPS) is 14.6. The number of allylic oxidation sites excluding steroid dienone is 3. The van der Waals surface area contributed by atoms with E-state index in [0.29, 0.717) is 67.2 Å². The Morgan fingerprint density at radius 3 is 1.85 bits per heavy atom. The van der Waals surface area contributed by atoms with Crippen molar-refractivity contribution in [3.63, 3.8) is 0 Å². The van der Waals surface area contributed by atoms with E-state index in [2.05, 4.69) is 29.5 Å². The van der Waals surface area contributed by atoms with Gasteiger partial charge in [0.25, 0.3) is 0 Å². The number of hydrogen-bond donors (Lipinski definition) is 0. The number of unbranched alkanes of at least 4 members (excludes halogenated alkanes) is 1. The highest BCUT2D eigenvalue weighted by atomic mass is 127. The largest absolute Gasteiger partial charge is 0.737 e. The lowest BCUT2D eigenvalue weighted by Crippen LogP contribution is -2.51. The molecule has 0 fully saturated rings. The van der Waals surface area contributed by atoms with Gasteiger partial charge in [0.2, 0.25) is 0 Å². The molecule has 4 aromatic carbocycles. The molecule has 7 nitrogen and oxygen atoms in total. The summed E-state index contributed by atoms with van der Waals surface area (Å²) in [5.41, 5.74) is 7.37. The summed E-state index contributed by atoms with van der Waals surface area (Å²) in [4.78, 5) is 0. The van der Waals surface area contributed by atoms with Crippen LogP contribution in [-0.2, 0) is 9.47 Å². The van der Waals surface area contributed by atoms with Crippen LogP contribution in [0, 0.1) is 10.5 Å². The molecule has 7 rings (SSSR count). The van der Waals surface area contributed by atoms with Gasteiger partial charge in [0.15, 0.2) is 11.4 Å². The molecule has 11 heteroatoms. The standard InChI is InChI=1S/C50H50BF2IN2O5/c1-5-6-29-60-46-25-14-39(15-26-46)8-21-43-34-36(2)49-48(40-17-19-42(54)20-18-40)50-41(16-7-37-12-27-47(28-13-37)61-33-32-59-31-30-57-3)35-44(56(50)51(52,53)55(43)49)22-9-38-10-23-45(58-4)24-11-38/h7-28,34-35H,5-6,29-33H2,1-4H3/b16-7+,21-8+,22-9+. The monoisotopic (exact) mass is 934 g/mol. The minimum absolute atomic E-state index is 0.376. The van der Waals surface area contributed by atoms with Gasteiger partial charge in [-0.3, -0.25) is 0 Å². The van der Waals surface area contributed by atoms with Crippen molar-refractivity contribution < 1.29 is 36.8 Å². The van der Waals surface area contributed by atoms with E-state index in [1.165, 1.54) is 8.96 Å². The van der Waals surface area contributed by atoms with E-state index in [1.54, 1.807) is 26.4 Å². The lowest BCUT2D eigenvalue weighted by atomic mass is 9.83. The summed E-state index contributed by atoms with van der Waals surface area (Å²) in [5.74, 6) is 2.22. The zero-order valence-corrected chi connectivity index (χ0v) is 37.1. The number of halogens is 3. The number of aryl methyl sites for hydroxylation is 1. The Morgan fingerprint density at radius 1 is 0.672 bits per heavy atom. The van der Waals surface area contributed by atoms with Gasteiger partial charge in [0, 0.05) is 39.8 Å². The Morgan fingerprint density at radius 2 is 1.25 bits per heavy atom. The molecule has 0 saturated heterocycles. The molecule has 0 atom stereocenters. The first kappa shape index (κ1) is 43.6. The van der Waals surface area contributed by atoms with Crippen molar-refractivity contribution >= 4 is 65.1 Å². The van der Waals surface area contributed by atoms with Crippen molar-refractivity contribution in [1.82, 2.24) is 4.48 Å². The van der Waals surface area contributed by atoms with E-state index in [-0.39, 0.29) is 0 Å². The predicted molar refractivity (Wildman–Crippen MR) is 253 cm³/mol. The van der Waals surface area contributed by atoms with Gasteiger partial charge in [0.05, 0.1) is 39.1 Å². The lowest BCUT2D eigenvalue weighted by molar-refractivity contribution is -0.361. The number of fused-ring (bicyclic) bond motifs is 2. The summed E-state index contributed by atoms with van der Waals surface area (Å²) in [7, 11) is 3.25. The molecule has 0 bridgehead atoms. The van der Waals surface area contributed by atoms with Crippen LogP contribution in [0.25, 0.3) is 29.9 Å². The Bertz CT molecular complexity index is 2490. The number of methoxy groups -OCH3 is 2. The average molecular weight is 935 g/mol. The van der Waals surface area contributed by atoms with Crippen LogP contribution < -0.4 is 14.2 Å². The van der Waals surface area contributed by atoms with Crippen molar-refractivity contribution in [3.8, 4) is 17.2 Å². The van der Waals surface area contributed by atoms with Gasteiger partial charge >= 0.3 is 6.97 Å². The summed E-state index contributed by atoms with van der Waals surface area (Å²) in [6, 6.07) is 32.9. The molecule has 1 aromatic heterocycles. The lowest BCUT2D eigenvalue weighted by Gasteiger charge is -2.34. The molecule has 0 amide bonds. The second-order valence-electron chi connectivity index (χ2n) is 14.8. The zero-order valence-electron chi connectivity index (χ0n) is 35.0. The fraction of sp³-hybridized carbons (Fsp3) is 0.220. The van der Waals surface area contributed by atoms with Gasteiger partial charge in [-0.25, -0.2) is 0 Å². The second-order valence-corrected chi connectivity index (χ2v) is 16.0. The highest BCUT2D eigenvalue weighted by molar-refractivity contribution is 14.1. The molecule has 314 valence electrons. The molecule has 61 heavy (non-hydrogen) atoms. The van der Waals surface area contributed by atoms with Crippen LogP contribution in [0.3, 0.4) is 0 Å². The maximum absolute atomic E-state index is 17.9. The van der Waals surface area contributed by atoms with E-state index >= 15 is 8.63 Å². The molecular weight excluding hydrogens is 884 g/mol. The molecule has 2 aliphatic rings. The fourth-order valence-electron chi connectivity index (χ4n) is 7.41. The third-order valence-electron chi connectivity index (χ3n) is 10.5. The van der Waals surface area contributed by atoms with E-state index in [9.17, 15) is 0 Å². The van der Waals surface area contributed by atoms with Crippen molar-refractivity contribution in [3.05, 3.63) is 175 Å². The fourth-order valence-corrected chi connectivity index (χ4v) is 7.77. The smallest absolute Gasteiger partial charge is 0.497 e. The van der Waals surface area contributed by atoms with Crippen LogP contribution in [-0.4, -0.2) is 68.9 Å². The van der Waals surface area contributed by atoms with Crippen LogP contribution in [0.2, 0.25) is 0 Å². The Balaban J connectivity index is 1.31. The second kappa shape index (κ2) is 20.4. The van der Waals surface area contributed by atoms with Gasteiger partial charge < -0.3 is 41.3 Å². The quantitative estimate of drug-likeness (QED) is 0.0469. The van der Waals surface area contributed by atoms with Gasteiger partial charge in [-0.05, 0) is 137 Å². The van der Waals surface area contributed by atoms with Gasteiger partial charge in [-0.1, -0.05) is 74.0 Å². The third kappa shape index (κ3) is 10.3. The number of ether oxygens (including phenoxy) is 5. The predicted octanol–water partition coefficient (Wildman–Crippen LogP) is 11.6. The molecule has 0 N–H and O–H groups in total. The van der Waals surface area contributed by atoms with Gasteiger partial charge in [-0.2, -0.15) is 0 Å². The minimum Gasteiger partial charge on any atom is -0.497 e. The maximum Gasteiger partial charge on any atom is 0.737 e. The number of hydrogen-bond acceptors (Lipinski definition) is 5.